The number of hydrogen-bond donors (Lipinski definition) is 2. The summed E-state index contributed by atoms with van der Waals surface area (Å²) in [5.74, 6) is 0.697. The number of carbonyl (C=O) groups excluding carboxylic acids is 1. The number of aromatic nitrogens is 4. The third-order valence-corrected chi connectivity index (χ3v) is 7.43. The fraction of sp³-hybridized carbons (Fsp3) is 0.261. The number of H-pyrrole nitrogens is 1. The zero-order valence-corrected chi connectivity index (χ0v) is 18.2. The number of para-hydroxylation sites is 2. The maximum atomic E-state index is 12.8. The Hall–Kier alpha value is -3.46. The van der Waals surface area contributed by atoms with E-state index in [9.17, 15) is 13.2 Å². The molecule has 0 spiro atoms. The minimum Gasteiger partial charge on any atom is -0.350 e. The van der Waals surface area contributed by atoms with Crippen LogP contribution in [0.1, 0.15) is 28.8 Å². The summed E-state index contributed by atoms with van der Waals surface area (Å²) in [6, 6.07) is 18.8. The van der Waals surface area contributed by atoms with E-state index in [-0.39, 0.29) is 29.1 Å². The average molecular weight is 450 g/mol. The van der Waals surface area contributed by atoms with Crippen molar-refractivity contribution >= 4 is 26.8 Å². The van der Waals surface area contributed by atoms with Crippen LogP contribution in [0.2, 0.25) is 0 Å². The number of fused-ring (bicyclic) bond motifs is 1. The highest BCUT2D eigenvalue weighted by Gasteiger charge is 2.32. The molecule has 2 N–H and O–H groups in total. The number of imidazole rings is 1. The Bertz CT molecular complexity index is 1340. The Kier molecular flexibility index (Phi) is 5.26. The molecule has 1 fully saturated rings. The molecule has 1 atom stereocenters. The van der Waals surface area contributed by atoms with E-state index >= 15 is 0 Å². The molecule has 3 heterocycles. The summed E-state index contributed by atoms with van der Waals surface area (Å²) < 4.78 is 25.7. The van der Waals surface area contributed by atoms with Gasteiger partial charge in [0.05, 0.1) is 34.3 Å². The molecule has 164 valence electrons. The van der Waals surface area contributed by atoms with Crippen molar-refractivity contribution in [1.29, 1.82) is 0 Å². The van der Waals surface area contributed by atoms with Gasteiger partial charge in [-0.1, -0.05) is 42.5 Å². The lowest BCUT2D eigenvalue weighted by atomic mass is 10.1. The monoisotopic (exact) mass is 449 g/mol. The molecule has 2 aromatic heterocycles. The van der Waals surface area contributed by atoms with E-state index in [1.54, 1.807) is 10.7 Å². The molecular weight excluding hydrogens is 426 g/mol. The third kappa shape index (κ3) is 4.16. The summed E-state index contributed by atoms with van der Waals surface area (Å²) in [6.07, 6.45) is 1.06. The highest BCUT2D eigenvalue weighted by atomic mass is 32.2. The molecule has 1 aliphatic heterocycles. The van der Waals surface area contributed by atoms with Crippen LogP contribution in [0.5, 0.6) is 0 Å². The maximum Gasteiger partial charge on any atom is 0.271 e. The summed E-state index contributed by atoms with van der Waals surface area (Å²) in [4.78, 5) is 20.6. The van der Waals surface area contributed by atoms with Gasteiger partial charge >= 0.3 is 0 Å². The van der Waals surface area contributed by atoms with E-state index < -0.39 is 9.84 Å². The molecule has 5 rings (SSSR count). The second kappa shape index (κ2) is 8.23. The first kappa shape index (κ1) is 20.4. The molecular formula is C23H23N5O3S. The van der Waals surface area contributed by atoms with Gasteiger partial charge in [0.1, 0.15) is 5.82 Å². The quantitative estimate of drug-likeness (QED) is 0.470. The molecule has 8 nitrogen and oxygen atoms in total. The molecule has 1 amide bonds. The average Bonchev–Trinajstić information content (AvgIpc) is 3.50. The van der Waals surface area contributed by atoms with Crippen LogP contribution in [0.3, 0.4) is 0 Å². The van der Waals surface area contributed by atoms with Gasteiger partial charge in [0.15, 0.2) is 15.5 Å². The van der Waals surface area contributed by atoms with Gasteiger partial charge in [0.2, 0.25) is 0 Å². The zero-order chi connectivity index (χ0) is 22.1. The smallest absolute Gasteiger partial charge is 0.271 e. The summed E-state index contributed by atoms with van der Waals surface area (Å²) in [6.45, 7) is 0.407. The molecule has 0 bridgehead atoms. The normalized spacial score (nSPS) is 17.6. The standard InChI is InChI=1S/C23H23N5O3S/c29-23(24-12-10-22-25-18-8-4-5-9-19(18)26-22)20-14-21(16-6-2-1-3-7-16)28(27-20)17-11-13-32(30,31)15-17/h1-9,14,17H,10-13,15H2,(H,24,29)(H,25,26)/t17-/m0/s1. The molecule has 4 aromatic rings. The Morgan fingerprint density at radius 1 is 1.12 bits per heavy atom. The molecule has 1 aliphatic rings. The lowest BCUT2D eigenvalue weighted by Crippen LogP contribution is -2.26. The lowest BCUT2D eigenvalue weighted by Gasteiger charge is -2.13. The van der Waals surface area contributed by atoms with Crippen molar-refractivity contribution in [2.24, 2.45) is 0 Å². The van der Waals surface area contributed by atoms with E-state index in [1.165, 1.54) is 0 Å². The topological polar surface area (TPSA) is 110 Å². The molecule has 0 unspecified atom stereocenters. The van der Waals surface area contributed by atoms with Crippen LogP contribution in [-0.4, -0.2) is 52.1 Å². The molecule has 0 saturated carbocycles. The van der Waals surface area contributed by atoms with E-state index in [0.29, 0.717) is 19.4 Å². The molecule has 0 aliphatic carbocycles. The predicted molar refractivity (Wildman–Crippen MR) is 122 cm³/mol. The third-order valence-electron chi connectivity index (χ3n) is 5.68. The van der Waals surface area contributed by atoms with Gasteiger partial charge < -0.3 is 10.3 Å². The van der Waals surface area contributed by atoms with E-state index in [1.807, 2.05) is 54.6 Å². The number of amides is 1. The first-order valence-corrected chi connectivity index (χ1v) is 12.4. The second-order valence-corrected chi connectivity index (χ2v) is 10.2. The van der Waals surface area contributed by atoms with Crippen LogP contribution >= 0.6 is 0 Å². The Morgan fingerprint density at radius 2 is 1.91 bits per heavy atom. The van der Waals surface area contributed by atoms with Gasteiger partial charge in [-0.2, -0.15) is 5.10 Å². The Balaban J connectivity index is 1.34. The maximum absolute atomic E-state index is 12.8. The fourth-order valence-electron chi connectivity index (χ4n) is 4.09. The Labute approximate surface area is 185 Å². The minimum atomic E-state index is -3.08. The van der Waals surface area contributed by atoms with Gasteiger partial charge in [0, 0.05) is 13.0 Å². The number of nitrogens with one attached hydrogen (secondary N) is 2. The predicted octanol–water partition coefficient (Wildman–Crippen LogP) is 2.76. The highest BCUT2D eigenvalue weighted by molar-refractivity contribution is 7.91. The van der Waals surface area contributed by atoms with Gasteiger partial charge in [-0.05, 0) is 30.2 Å². The summed E-state index contributed by atoms with van der Waals surface area (Å²) >= 11 is 0. The van der Waals surface area contributed by atoms with Crippen molar-refractivity contribution in [1.82, 2.24) is 25.1 Å². The number of hydrogen-bond acceptors (Lipinski definition) is 5. The minimum absolute atomic E-state index is 0.0433. The Morgan fingerprint density at radius 3 is 2.66 bits per heavy atom. The van der Waals surface area contributed by atoms with E-state index in [0.717, 1.165) is 28.1 Å². The second-order valence-electron chi connectivity index (χ2n) is 7.99. The SMILES string of the molecule is O=C(NCCc1nc2ccccc2[nH]1)c1cc(-c2ccccc2)n([C@H]2CCS(=O)(=O)C2)n1. The van der Waals surface area contributed by atoms with Crippen LogP contribution in [-0.2, 0) is 16.3 Å². The lowest BCUT2D eigenvalue weighted by molar-refractivity contribution is 0.0948. The number of sulfone groups is 1. The molecule has 1 saturated heterocycles. The number of aromatic amines is 1. The fourth-order valence-corrected chi connectivity index (χ4v) is 5.78. The number of nitrogens with zero attached hydrogens (tertiary/aromatic N) is 3. The van der Waals surface area contributed by atoms with E-state index in [4.69, 9.17) is 0 Å². The summed E-state index contributed by atoms with van der Waals surface area (Å²) in [7, 11) is -3.08. The van der Waals surface area contributed by atoms with Crippen molar-refractivity contribution < 1.29 is 13.2 Å². The molecule has 0 radical (unpaired) electrons. The highest BCUT2D eigenvalue weighted by Crippen LogP contribution is 2.30. The van der Waals surface area contributed by atoms with Gasteiger partial charge in [0.25, 0.3) is 5.91 Å². The number of carbonyl (C=O) groups is 1. The van der Waals surface area contributed by atoms with Gasteiger partial charge in [-0.25, -0.2) is 13.4 Å². The van der Waals surface area contributed by atoms with Crippen LogP contribution in [0.15, 0.2) is 60.7 Å². The van der Waals surface area contributed by atoms with Crippen molar-refractivity contribution in [3.05, 3.63) is 72.2 Å². The summed E-state index contributed by atoms with van der Waals surface area (Å²) in [5, 5.41) is 7.41. The largest absolute Gasteiger partial charge is 0.350 e. The van der Waals surface area contributed by atoms with Crippen molar-refractivity contribution in [2.75, 3.05) is 18.1 Å². The number of rotatable bonds is 6. The zero-order valence-electron chi connectivity index (χ0n) is 17.4. The van der Waals surface area contributed by atoms with E-state index in [2.05, 4.69) is 20.4 Å². The molecule has 9 heteroatoms. The molecule has 2 aromatic carbocycles. The van der Waals surface area contributed by atoms with Crippen LogP contribution < -0.4 is 5.32 Å². The first-order chi connectivity index (χ1) is 15.5. The number of benzene rings is 2. The van der Waals surface area contributed by atoms with Crippen molar-refractivity contribution in [3.8, 4) is 11.3 Å². The van der Waals surface area contributed by atoms with Gasteiger partial charge in [-0.15, -0.1) is 0 Å². The van der Waals surface area contributed by atoms with Crippen molar-refractivity contribution in [3.63, 3.8) is 0 Å². The van der Waals surface area contributed by atoms with Crippen LogP contribution in [0.25, 0.3) is 22.3 Å². The summed E-state index contributed by atoms with van der Waals surface area (Å²) in [5.41, 5.74) is 3.77. The van der Waals surface area contributed by atoms with Crippen LogP contribution in [0, 0.1) is 0 Å². The van der Waals surface area contributed by atoms with Gasteiger partial charge in [-0.3, -0.25) is 9.48 Å². The molecule has 32 heavy (non-hydrogen) atoms. The first-order valence-electron chi connectivity index (χ1n) is 10.6. The van der Waals surface area contributed by atoms with Crippen LogP contribution in [0.4, 0.5) is 0 Å². The van der Waals surface area contributed by atoms with Crippen molar-refractivity contribution in [2.45, 2.75) is 18.9 Å².